The Morgan fingerprint density at radius 1 is 1.07 bits per heavy atom. The molecule has 0 bridgehead atoms. The van der Waals surface area contributed by atoms with E-state index in [0.29, 0.717) is 28.0 Å². The lowest BCUT2D eigenvalue weighted by Crippen LogP contribution is -2.26. The van der Waals surface area contributed by atoms with Gasteiger partial charge in [0.15, 0.2) is 0 Å². The summed E-state index contributed by atoms with van der Waals surface area (Å²) >= 11 is 12.3. The molecule has 0 aliphatic carbocycles. The van der Waals surface area contributed by atoms with Crippen molar-refractivity contribution in [2.24, 2.45) is 0 Å². The average Bonchev–Trinajstić information content (AvgIpc) is 3.11. The van der Waals surface area contributed by atoms with Gasteiger partial charge in [-0.3, -0.25) is 4.79 Å². The predicted molar refractivity (Wildman–Crippen MR) is 111 cm³/mol. The first-order chi connectivity index (χ1) is 13.1. The fourth-order valence-corrected chi connectivity index (χ4v) is 3.15. The van der Waals surface area contributed by atoms with E-state index in [1.807, 2.05) is 36.4 Å². The molecule has 1 amide bonds. The number of carbonyl (C=O) groups excluding carboxylic acids is 1. The van der Waals surface area contributed by atoms with Gasteiger partial charge in [0.05, 0.1) is 16.4 Å². The van der Waals surface area contributed by atoms with E-state index < -0.39 is 0 Å². The van der Waals surface area contributed by atoms with Crippen molar-refractivity contribution in [1.29, 1.82) is 0 Å². The van der Waals surface area contributed by atoms with Crippen molar-refractivity contribution in [1.82, 2.24) is 15.1 Å². The van der Waals surface area contributed by atoms with Crippen LogP contribution < -0.4 is 5.32 Å². The summed E-state index contributed by atoms with van der Waals surface area (Å²) in [6.07, 6.45) is 3.14. The number of nitrogens with zero attached hydrogens (tertiary/aromatic N) is 2. The highest BCUT2D eigenvalue weighted by Gasteiger charge is 2.18. The van der Waals surface area contributed by atoms with Crippen LogP contribution in [0.25, 0.3) is 16.9 Å². The first kappa shape index (κ1) is 19.5. The van der Waals surface area contributed by atoms with E-state index in [9.17, 15) is 4.79 Å². The van der Waals surface area contributed by atoms with Gasteiger partial charge in [0.1, 0.15) is 5.69 Å². The highest BCUT2D eigenvalue weighted by molar-refractivity contribution is 6.33. The maximum atomic E-state index is 12.8. The Morgan fingerprint density at radius 2 is 1.81 bits per heavy atom. The number of hydrogen-bond acceptors (Lipinski definition) is 2. The van der Waals surface area contributed by atoms with Crippen LogP contribution in [-0.4, -0.2) is 22.2 Å². The molecule has 27 heavy (non-hydrogen) atoms. The molecule has 1 N–H and O–H groups in total. The summed E-state index contributed by atoms with van der Waals surface area (Å²) in [6.45, 7) is 2.77. The third-order valence-corrected chi connectivity index (χ3v) is 4.81. The van der Waals surface area contributed by atoms with Crippen molar-refractivity contribution in [3.05, 3.63) is 70.3 Å². The van der Waals surface area contributed by atoms with E-state index in [-0.39, 0.29) is 5.91 Å². The van der Waals surface area contributed by atoms with Crippen LogP contribution in [0.2, 0.25) is 10.0 Å². The van der Waals surface area contributed by atoms with Crippen LogP contribution in [-0.2, 0) is 0 Å². The second-order valence-electron chi connectivity index (χ2n) is 6.25. The van der Waals surface area contributed by atoms with Gasteiger partial charge in [0, 0.05) is 17.1 Å². The van der Waals surface area contributed by atoms with Crippen molar-refractivity contribution in [2.75, 3.05) is 6.54 Å². The van der Waals surface area contributed by atoms with Crippen molar-refractivity contribution >= 4 is 29.1 Å². The molecule has 0 unspecified atom stereocenters. The minimum atomic E-state index is -0.160. The van der Waals surface area contributed by atoms with Crippen LogP contribution in [0.4, 0.5) is 0 Å². The van der Waals surface area contributed by atoms with Crippen LogP contribution in [0.3, 0.4) is 0 Å². The molecule has 0 saturated carbocycles. The average molecular weight is 402 g/mol. The largest absolute Gasteiger partial charge is 0.351 e. The smallest absolute Gasteiger partial charge is 0.270 e. The monoisotopic (exact) mass is 401 g/mol. The molecule has 140 valence electrons. The Balaban J connectivity index is 1.98. The number of aromatic nitrogens is 2. The highest BCUT2D eigenvalue weighted by Crippen LogP contribution is 2.28. The van der Waals surface area contributed by atoms with E-state index >= 15 is 0 Å². The lowest BCUT2D eigenvalue weighted by molar-refractivity contribution is 0.0945. The summed E-state index contributed by atoms with van der Waals surface area (Å²) in [6, 6.07) is 16.4. The topological polar surface area (TPSA) is 46.9 Å². The van der Waals surface area contributed by atoms with Gasteiger partial charge in [-0.15, -0.1) is 0 Å². The van der Waals surface area contributed by atoms with Crippen molar-refractivity contribution in [3.63, 3.8) is 0 Å². The van der Waals surface area contributed by atoms with Crippen molar-refractivity contribution in [2.45, 2.75) is 26.2 Å². The van der Waals surface area contributed by atoms with Gasteiger partial charge in [-0.25, -0.2) is 4.68 Å². The molecule has 0 spiro atoms. The molecule has 3 aromatic rings. The fourth-order valence-electron chi connectivity index (χ4n) is 2.79. The molecule has 2 aromatic carbocycles. The molecule has 6 heteroatoms. The predicted octanol–water partition coefficient (Wildman–Crippen LogP) is 5.77. The summed E-state index contributed by atoms with van der Waals surface area (Å²) in [5.74, 6) is -0.160. The molecule has 1 heterocycles. The van der Waals surface area contributed by atoms with E-state index in [1.165, 1.54) is 0 Å². The Kier molecular flexibility index (Phi) is 6.54. The second kappa shape index (κ2) is 9.07. The van der Waals surface area contributed by atoms with Crippen LogP contribution in [0.15, 0.2) is 54.6 Å². The van der Waals surface area contributed by atoms with E-state index in [4.69, 9.17) is 23.2 Å². The number of rotatable bonds is 7. The standard InChI is InChI=1S/C21H21Cl2N3O/c1-2-3-6-13-24-21(27)20-14-19(17-7-4-5-8-18(17)23)25-26(20)16-11-9-15(22)10-12-16/h4-5,7-12,14H,2-3,6,13H2,1H3,(H,24,27). The number of unbranched alkanes of at least 4 members (excludes halogenated alkanes) is 2. The molecule has 0 saturated heterocycles. The molecular formula is C21H21Cl2N3O. The molecule has 0 aliphatic heterocycles. The number of carbonyl (C=O) groups is 1. The Labute approximate surface area is 169 Å². The summed E-state index contributed by atoms with van der Waals surface area (Å²) in [7, 11) is 0. The molecule has 4 nitrogen and oxygen atoms in total. The molecule has 0 fully saturated rings. The maximum absolute atomic E-state index is 12.8. The number of halogens is 2. The first-order valence-corrected chi connectivity index (χ1v) is 9.75. The van der Waals surface area contributed by atoms with Crippen molar-refractivity contribution in [3.8, 4) is 16.9 Å². The SMILES string of the molecule is CCCCCNC(=O)c1cc(-c2ccccc2Cl)nn1-c1ccc(Cl)cc1. The van der Waals surface area contributed by atoms with E-state index in [2.05, 4.69) is 17.3 Å². The minimum Gasteiger partial charge on any atom is -0.351 e. The van der Waals surface area contributed by atoms with Gasteiger partial charge in [-0.2, -0.15) is 5.10 Å². The van der Waals surface area contributed by atoms with Crippen molar-refractivity contribution < 1.29 is 4.79 Å². The molecule has 0 radical (unpaired) electrons. The van der Waals surface area contributed by atoms with Gasteiger partial charge in [-0.1, -0.05) is 61.2 Å². The zero-order chi connectivity index (χ0) is 19.2. The zero-order valence-corrected chi connectivity index (χ0v) is 16.6. The Hall–Kier alpha value is -2.30. The lowest BCUT2D eigenvalue weighted by atomic mass is 10.1. The molecule has 0 atom stereocenters. The number of hydrogen-bond donors (Lipinski definition) is 1. The highest BCUT2D eigenvalue weighted by atomic mass is 35.5. The molecule has 3 rings (SSSR count). The van der Waals surface area contributed by atoms with Gasteiger partial charge < -0.3 is 5.32 Å². The zero-order valence-electron chi connectivity index (χ0n) is 15.1. The Bertz CT molecular complexity index is 919. The van der Waals surface area contributed by atoms with Gasteiger partial charge in [0.2, 0.25) is 0 Å². The normalized spacial score (nSPS) is 10.8. The summed E-state index contributed by atoms with van der Waals surface area (Å²) < 4.78 is 1.63. The fraction of sp³-hybridized carbons (Fsp3) is 0.238. The van der Waals surface area contributed by atoms with Crippen LogP contribution in [0, 0.1) is 0 Å². The van der Waals surface area contributed by atoms with E-state index in [0.717, 1.165) is 30.5 Å². The molecule has 1 aromatic heterocycles. The number of benzene rings is 2. The number of nitrogens with one attached hydrogen (secondary N) is 1. The van der Waals surface area contributed by atoms with Crippen LogP contribution >= 0.6 is 23.2 Å². The van der Waals surface area contributed by atoms with Crippen LogP contribution in [0.1, 0.15) is 36.7 Å². The van der Waals surface area contributed by atoms with Gasteiger partial charge in [-0.05, 0) is 42.8 Å². The third kappa shape index (κ3) is 4.71. The summed E-state index contributed by atoms with van der Waals surface area (Å²) in [4.78, 5) is 12.8. The first-order valence-electron chi connectivity index (χ1n) is 8.99. The molecular weight excluding hydrogens is 381 g/mol. The van der Waals surface area contributed by atoms with E-state index in [1.54, 1.807) is 22.9 Å². The van der Waals surface area contributed by atoms with Gasteiger partial charge >= 0.3 is 0 Å². The van der Waals surface area contributed by atoms with Crippen LogP contribution in [0.5, 0.6) is 0 Å². The quantitative estimate of drug-likeness (QED) is 0.511. The minimum absolute atomic E-state index is 0.160. The summed E-state index contributed by atoms with van der Waals surface area (Å²) in [5, 5.41) is 8.83. The number of amides is 1. The van der Waals surface area contributed by atoms with Gasteiger partial charge in [0.25, 0.3) is 5.91 Å². The lowest BCUT2D eigenvalue weighted by Gasteiger charge is -2.08. The third-order valence-electron chi connectivity index (χ3n) is 4.23. The second-order valence-corrected chi connectivity index (χ2v) is 7.09. The summed E-state index contributed by atoms with van der Waals surface area (Å²) in [5.41, 5.74) is 2.65. The maximum Gasteiger partial charge on any atom is 0.270 e. The Morgan fingerprint density at radius 3 is 2.52 bits per heavy atom. The molecule has 0 aliphatic rings.